The average Bonchev–Trinajstić information content (AvgIpc) is 3.22. The fourth-order valence-corrected chi connectivity index (χ4v) is 4.04. The minimum Gasteiger partial charge on any atom is -0.436 e. The molecule has 0 bridgehead atoms. The first kappa shape index (κ1) is 19.5. The molecule has 4 aromatic rings. The molecule has 0 atom stereocenters. The van der Waals surface area contributed by atoms with Crippen molar-refractivity contribution in [2.75, 3.05) is 4.72 Å². The fourth-order valence-electron chi connectivity index (χ4n) is 2.69. The minimum absolute atomic E-state index is 0.0992. The summed E-state index contributed by atoms with van der Waals surface area (Å²) >= 11 is 11.8. The molecule has 0 saturated carbocycles. The summed E-state index contributed by atoms with van der Waals surface area (Å²) in [6, 6.07) is 20.4. The number of nitrogens with zero attached hydrogens (tertiary/aromatic N) is 1. The Morgan fingerprint density at radius 3 is 2.24 bits per heavy atom. The van der Waals surface area contributed by atoms with E-state index in [-0.39, 0.29) is 9.92 Å². The Morgan fingerprint density at radius 2 is 1.55 bits per heavy atom. The molecule has 1 heterocycles. The maximum atomic E-state index is 12.6. The van der Waals surface area contributed by atoms with Gasteiger partial charge in [0.2, 0.25) is 5.89 Å². The molecule has 1 aromatic heterocycles. The van der Waals surface area contributed by atoms with E-state index in [0.717, 1.165) is 5.56 Å². The van der Waals surface area contributed by atoms with E-state index >= 15 is 0 Å². The summed E-state index contributed by atoms with van der Waals surface area (Å²) in [5.41, 5.74) is 1.90. The molecule has 0 aliphatic heterocycles. The molecular formula is C21H14Cl2N2O3S. The lowest BCUT2D eigenvalue weighted by atomic mass is 10.2. The van der Waals surface area contributed by atoms with Gasteiger partial charge < -0.3 is 4.42 Å². The molecule has 1 N–H and O–H groups in total. The van der Waals surface area contributed by atoms with Crippen molar-refractivity contribution in [2.24, 2.45) is 0 Å². The molecule has 0 saturated heterocycles. The van der Waals surface area contributed by atoms with Crippen LogP contribution in [0.4, 0.5) is 5.69 Å². The zero-order valence-electron chi connectivity index (χ0n) is 14.8. The van der Waals surface area contributed by atoms with E-state index in [1.54, 1.807) is 18.3 Å². The number of oxazole rings is 1. The zero-order chi connectivity index (χ0) is 20.4. The van der Waals surface area contributed by atoms with Crippen LogP contribution in [0.1, 0.15) is 0 Å². The number of halogens is 2. The van der Waals surface area contributed by atoms with Crippen LogP contribution >= 0.6 is 23.2 Å². The molecule has 5 nitrogen and oxygen atoms in total. The van der Waals surface area contributed by atoms with Gasteiger partial charge in [-0.25, -0.2) is 13.4 Å². The van der Waals surface area contributed by atoms with Gasteiger partial charge >= 0.3 is 0 Å². The first-order valence-corrected chi connectivity index (χ1v) is 10.8. The molecule has 8 heteroatoms. The first-order chi connectivity index (χ1) is 13.9. The van der Waals surface area contributed by atoms with E-state index in [1.165, 1.54) is 30.3 Å². The third-order valence-corrected chi connectivity index (χ3v) is 6.28. The second kappa shape index (κ2) is 7.91. The highest BCUT2D eigenvalue weighted by atomic mass is 35.5. The van der Waals surface area contributed by atoms with Crippen molar-refractivity contribution in [1.29, 1.82) is 0 Å². The Kier molecular flexibility index (Phi) is 5.32. The first-order valence-electron chi connectivity index (χ1n) is 8.52. The summed E-state index contributed by atoms with van der Waals surface area (Å²) in [7, 11) is -3.78. The van der Waals surface area contributed by atoms with Crippen LogP contribution in [-0.4, -0.2) is 13.4 Å². The maximum absolute atomic E-state index is 12.6. The topological polar surface area (TPSA) is 72.2 Å². The van der Waals surface area contributed by atoms with Gasteiger partial charge in [0.05, 0.1) is 26.8 Å². The van der Waals surface area contributed by atoms with Gasteiger partial charge in [-0.2, -0.15) is 0 Å². The quantitative estimate of drug-likeness (QED) is 0.402. The van der Waals surface area contributed by atoms with Gasteiger partial charge in [0, 0.05) is 11.1 Å². The van der Waals surface area contributed by atoms with Crippen LogP contribution in [0.2, 0.25) is 10.0 Å². The van der Waals surface area contributed by atoms with Crippen molar-refractivity contribution in [3.05, 3.63) is 89.0 Å². The van der Waals surface area contributed by atoms with Crippen LogP contribution in [0, 0.1) is 0 Å². The Morgan fingerprint density at radius 1 is 0.828 bits per heavy atom. The maximum Gasteiger partial charge on any atom is 0.261 e. The van der Waals surface area contributed by atoms with Crippen molar-refractivity contribution >= 4 is 38.9 Å². The molecule has 29 heavy (non-hydrogen) atoms. The highest BCUT2D eigenvalue weighted by Gasteiger charge is 2.16. The smallest absolute Gasteiger partial charge is 0.261 e. The van der Waals surface area contributed by atoms with E-state index in [2.05, 4.69) is 9.71 Å². The van der Waals surface area contributed by atoms with Gasteiger partial charge in [0.25, 0.3) is 10.0 Å². The lowest BCUT2D eigenvalue weighted by molar-refractivity contribution is 0.588. The van der Waals surface area contributed by atoms with Crippen LogP contribution in [0.3, 0.4) is 0 Å². The number of anilines is 1. The average molecular weight is 445 g/mol. The SMILES string of the molecule is O=S(=O)(Nc1ccc(Cl)c(Cl)c1)c1ccc(-c2ncc(-c3ccccc3)o2)cc1. The molecule has 0 radical (unpaired) electrons. The molecule has 0 unspecified atom stereocenters. The molecule has 3 aromatic carbocycles. The normalized spacial score (nSPS) is 11.4. The lowest BCUT2D eigenvalue weighted by Crippen LogP contribution is -2.12. The largest absolute Gasteiger partial charge is 0.436 e. The number of benzene rings is 3. The summed E-state index contributed by atoms with van der Waals surface area (Å²) in [6.45, 7) is 0. The van der Waals surface area contributed by atoms with Gasteiger partial charge in [-0.15, -0.1) is 0 Å². The second-order valence-electron chi connectivity index (χ2n) is 6.15. The van der Waals surface area contributed by atoms with Crippen LogP contribution in [-0.2, 0) is 10.0 Å². The van der Waals surface area contributed by atoms with Crippen LogP contribution in [0.15, 0.2) is 88.3 Å². The number of hydrogen-bond acceptors (Lipinski definition) is 4. The molecule has 0 amide bonds. The summed E-state index contributed by atoms with van der Waals surface area (Å²) < 4.78 is 33.5. The number of sulfonamides is 1. The van der Waals surface area contributed by atoms with Crippen molar-refractivity contribution < 1.29 is 12.8 Å². The van der Waals surface area contributed by atoms with Crippen molar-refractivity contribution in [1.82, 2.24) is 4.98 Å². The summed E-state index contributed by atoms with van der Waals surface area (Å²) in [4.78, 5) is 4.38. The van der Waals surface area contributed by atoms with E-state index in [9.17, 15) is 8.42 Å². The molecule has 0 aliphatic carbocycles. The molecule has 0 fully saturated rings. The predicted molar refractivity (Wildman–Crippen MR) is 115 cm³/mol. The van der Waals surface area contributed by atoms with Crippen molar-refractivity contribution in [3.8, 4) is 22.8 Å². The standard InChI is InChI=1S/C21H14Cl2N2O3S/c22-18-11-8-16(12-19(18)23)25-29(26,27)17-9-6-15(7-10-17)21-24-13-20(28-21)14-4-2-1-3-5-14/h1-13,25H. The highest BCUT2D eigenvalue weighted by molar-refractivity contribution is 7.92. The molecule has 4 rings (SSSR count). The van der Waals surface area contributed by atoms with Gasteiger partial charge in [-0.05, 0) is 42.5 Å². The van der Waals surface area contributed by atoms with Gasteiger partial charge in [-0.3, -0.25) is 4.72 Å². The Balaban J connectivity index is 1.56. The van der Waals surface area contributed by atoms with Crippen molar-refractivity contribution in [2.45, 2.75) is 4.90 Å². The zero-order valence-corrected chi connectivity index (χ0v) is 17.2. The molecular weight excluding hydrogens is 431 g/mol. The van der Waals surface area contributed by atoms with Crippen LogP contribution in [0.5, 0.6) is 0 Å². The number of nitrogens with one attached hydrogen (secondary N) is 1. The monoisotopic (exact) mass is 444 g/mol. The van der Waals surface area contributed by atoms with Crippen LogP contribution in [0.25, 0.3) is 22.8 Å². The summed E-state index contributed by atoms with van der Waals surface area (Å²) in [5, 5.41) is 0.611. The van der Waals surface area contributed by atoms with E-state index in [0.29, 0.717) is 27.9 Å². The Labute approximate surface area is 178 Å². The number of hydrogen-bond donors (Lipinski definition) is 1. The lowest BCUT2D eigenvalue weighted by Gasteiger charge is -2.09. The number of aromatic nitrogens is 1. The van der Waals surface area contributed by atoms with E-state index < -0.39 is 10.0 Å². The predicted octanol–water partition coefficient (Wildman–Crippen LogP) is 6.12. The number of rotatable bonds is 5. The highest BCUT2D eigenvalue weighted by Crippen LogP contribution is 2.28. The Bertz CT molecular complexity index is 1250. The molecule has 146 valence electrons. The Hall–Kier alpha value is -2.80. The third-order valence-electron chi connectivity index (χ3n) is 4.15. The van der Waals surface area contributed by atoms with Gasteiger partial charge in [-0.1, -0.05) is 53.5 Å². The molecule has 0 spiro atoms. The van der Waals surface area contributed by atoms with Gasteiger partial charge in [0.15, 0.2) is 5.76 Å². The minimum atomic E-state index is -3.78. The summed E-state index contributed by atoms with van der Waals surface area (Å²) in [6.07, 6.45) is 1.64. The fraction of sp³-hybridized carbons (Fsp3) is 0. The second-order valence-corrected chi connectivity index (χ2v) is 8.65. The summed E-state index contributed by atoms with van der Waals surface area (Å²) in [5.74, 6) is 1.05. The van der Waals surface area contributed by atoms with Crippen LogP contribution < -0.4 is 4.72 Å². The third kappa shape index (κ3) is 4.29. The van der Waals surface area contributed by atoms with Crippen molar-refractivity contribution in [3.63, 3.8) is 0 Å². The van der Waals surface area contributed by atoms with Gasteiger partial charge in [0.1, 0.15) is 0 Å². The van der Waals surface area contributed by atoms with E-state index in [1.807, 2.05) is 30.3 Å². The molecule has 0 aliphatic rings. The van der Waals surface area contributed by atoms with E-state index in [4.69, 9.17) is 27.6 Å².